The number of halogens is 1. The normalized spacial score (nSPS) is 22.4. The molecule has 0 radical (unpaired) electrons. The Hall–Kier alpha value is -0.870. The molecule has 2 N–H and O–H groups in total. The third-order valence-corrected chi connectivity index (χ3v) is 3.47. The number of nitrogens with one attached hydrogen (secondary N) is 2. The van der Waals surface area contributed by atoms with Crippen molar-refractivity contribution >= 4 is 35.6 Å². The molecule has 19 heavy (non-hydrogen) atoms. The van der Waals surface area contributed by atoms with Crippen molar-refractivity contribution in [1.82, 2.24) is 21.1 Å². The summed E-state index contributed by atoms with van der Waals surface area (Å²) in [7, 11) is 1.77. The predicted octanol–water partition coefficient (Wildman–Crippen LogP) is 0.484. The molecule has 0 unspecified atom stereocenters. The maximum atomic E-state index is 5.21. The summed E-state index contributed by atoms with van der Waals surface area (Å²) < 4.78 is 5.21. The molecule has 0 aromatic heterocycles. The molecule has 7 nitrogen and oxygen atoms in total. The van der Waals surface area contributed by atoms with Gasteiger partial charge in [-0.05, 0) is 30.9 Å². The quantitative estimate of drug-likeness (QED) is 0.685. The van der Waals surface area contributed by atoms with Gasteiger partial charge in [0, 0.05) is 26.8 Å². The number of piperidine rings is 1. The number of hydrogen-bond donors (Lipinski definition) is 2. The molecule has 0 aliphatic carbocycles. The number of fused-ring (bicyclic) bond motifs is 1. The Balaban J connectivity index is 0.00000133. The number of rotatable bonds is 2. The zero-order valence-electron chi connectivity index (χ0n) is 10.9. The third-order valence-electron chi connectivity index (χ3n) is 3.47. The number of nitrogens with zero attached hydrogens (tertiary/aromatic N) is 4. The van der Waals surface area contributed by atoms with E-state index >= 15 is 0 Å². The van der Waals surface area contributed by atoms with E-state index in [4.69, 9.17) is 4.74 Å². The molecule has 0 amide bonds. The average Bonchev–Trinajstić information content (AvgIpc) is 2.87. The van der Waals surface area contributed by atoms with E-state index in [1.54, 1.807) is 12.2 Å². The first kappa shape index (κ1) is 14.5. The van der Waals surface area contributed by atoms with Crippen molar-refractivity contribution in [3.63, 3.8) is 0 Å². The zero-order chi connectivity index (χ0) is 12.4. The third kappa shape index (κ3) is 3.18. The van der Waals surface area contributed by atoms with Crippen LogP contribution in [0.4, 0.5) is 0 Å². The van der Waals surface area contributed by atoms with Crippen LogP contribution in [0.25, 0.3) is 0 Å². The van der Waals surface area contributed by atoms with Crippen molar-refractivity contribution in [3.05, 3.63) is 12.2 Å². The second kappa shape index (κ2) is 6.53. The minimum atomic E-state index is 0. The number of hydrazone groups is 2. The van der Waals surface area contributed by atoms with Crippen LogP contribution >= 0.6 is 24.0 Å². The van der Waals surface area contributed by atoms with Crippen molar-refractivity contribution in [2.24, 2.45) is 16.1 Å². The first-order chi connectivity index (χ1) is 8.86. The van der Waals surface area contributed by atoms with Crippen LogP contribution in [0.15, 0.2) is 22.4 Å². The molecular formula is C11H19IN6O. The summed E-state index contributed by atoms with van der Waals surface area (Å²) in [6, 6.07) is 0. The standard InChI is InChI=1S/C11H18N6O.HI/c1-18-8-9-4-6-16(7-5-9)11-3-2-10-12-14-15-17(10)13-11;/h2-3,9,14-15H,4-8H2,1H3;1H. The molecule has 0 aromatic carbocycles. The van der Waals surface area contributed by atoms with Gasteiger partial charge in [-0.25, -0.2) is 5.53 Å². The number of methoxy groups -OCH3 is 1. The Morgan fingerprint density at radius 3 is 2.79 bits per heavy atom. The predicted molar refractivity (Wildman–Crippen MR) is 83.7 cm³/mol. The van der Waals surface area contributed by atoms with Crippen molar-refractivity contribution in [2.45, 2.75) is 12.8 Å². The van der Waals surface area contributed by atoms with Gasteiger partial charge in [0.2, 0.25) is 0 Å². The van der Waals surface area contributed by atoms with Gasteiger partial charge in [0.05, 0.1) is 0 Å². The Morgan fingerprint density at radius 1 is 1.32 bits per heavy atom. The van der Waals surface area contributed by atoms with Crippen LogP contribution in [-0.2, 0) is 4.74 Å². The van der Waals surface area contributed by atoms with Crippen LogP contribution in [0, 0.1) is 5.92 Å². The van der Waals surface area contributed by atoms with Crippen LogP contribution < -0.4 is 11.1 Å². The summed E-state index contributed by atoms with van der Waals surface area (Å²) in [6.07, 6.45) is 6.29. The molecule has 3 aliphatic rings. The Labute approximate surface area is 129 Å². The van der Waals surface area contributed by atoms with Crippen molar-refractivity contribution in [2.75, 3.05) is 26.8 Å². The van der Waals surface area contributed by atoms with E-state index in [9.17, 15) is 0 Å². The average molecular weight is 378 g/mol. The Kier molecular flexibility index (Phi) is 4.99. The maximum Gasteiger partial charge on any atom is 0.189 e. The number of hydrogen-bond acceptors (Lipinski definition) is 7. The lowest BCUT2D eigenvalue weighted by Gasteiger charge is -2.34. The van der Waals surface area contributed by atoms with Crippen LogP contribution in [0.1, 0.15) is 12.8 Å². The molecule has 8 heteroatoms. The topological polar surface area (TPSA) is 64.5 Å². The monoisotopic (exact) mass is 378 g/mol. The number of likely N-dealkylation sites (tertiary alicyclic amines) is 1. The molecule has 0 aromatic rings. The second-order valence-electron chi connectivity index (χ2n) is 4.68. The first-order valence-corrected chi connectivity index (χ1v) is 6.26. The van der Waals surface area contributed by atoms with E-state index < -0.39 is 0 Å². The van der Waals surface area contributed by atoms with Crippen molar-refractivity contribution < 1.29 is 4.74 Å². The summed E-state index contributed by atoms with van der Waals surface area (Å²) in [6.45, 7) is 2.93. The molecular weight excluding hydrogens is 359 g/mol. The smallest absolute Gasteiger partial charge is 0.189 e. The number of hydrazine groups is 2. The van der Waals surface area contributed by atoms with Crippen molar-refractivity contribution in [1.29, 1.82) is 0 Å². The van der Waals surface area contributed by atoms with Gasteiger partial charge < -0.3 is 9.64 Å². The molecule has 1 fully saturated rings. The fourth-order valence-electron chi connectivity index (χ4n) is 2.44. The van der Waals surface area contributed by atoms with Gasteiger partial charge in [-0.3, -0.25) is 0 Å². The number of amidine groups is 2. The lowest BCUT2D eigenvalue weighted by molar-refractivity contribution is 0.118. The second-order valence-corrected chi connectivity index (χ2v) is 4.68. The van der Waals surface area contributed by atoms with Crippen LogP contribution in [0.5, 0.6) is 0 Å². The zero-order valence-corrected chi connectivity index (χ0v) is 13.2. The Morgan fingerprint density at radius 2 is 2.05 bits per heavy atom. The van der Waals surface area contributed by atoms with E-state index in [0.717, 1.165) is 44.2 Å². The molecule has 106 valence electrons. The number of ether oxygens (including phenoxy) is 1. The van der Waals surface area contributed by atoms with Gasteiger partial charge in [0.25, 0.3) is 0 Å². The van der Waals surface area contributed by atoms with E-state index in [1.165, 1.54) is 0 Å². The van der Waals surface area contributed by atoms with E-state index in [2.05, 4.69) is 26.2 Å². The first-order valence-electron chi connectivity index (χ1n) is 6.26. The SMILES string of the molecule is COCC1CCN(C2=NN3NNN=C3C=C2)CC1.I. The van der Waals surface area contributed by atoms with Crippen molar-refractivity contribution in [3.8, 4) is 0 Å². The fourth-order valence-corrected chi connectivity index (χ4v) is 2.44. The molecule has 3 heterocycles. The molecule has 0 spiro atoms. The minimum Gasteiger partial charge on any atom is -0.384 e. The molecule has 0 saturated carbocycles. The summed E-state index contributed by atoms with van der Waals surface area (Å²) >= 11 is 0. The molecule has 0 bridgehead atoms. The van der Waals surface area contributed by atoms with Gasteiger partial charge in [0.1, 0.15) is 0 Å². The maximum absolute atomic E-state index is 5.21. The van der Waals surface area contributed by atoms with Crippen LogP contribution in [0.2, 0.25) is 0 Å². The van der Waals surface area contributed by atoms with Crippen LogP contribution in [-0.4, -0.2) is 48.5 Å². The molecule has 3 aliphatic heterocycles. The van der Waals surface area contributed by atoms with E-state index in [1.807, 2.05) is 12.2 Å². The van der Waals surface area contributed by atoms with Gasteiger partial charge >= 0.3 is 0 Å². The lowest BCUT2D eigenvalue weighted by Crippen LogP contribution is -2.44. The summed E-state index contributed by atoms with van der Waals surface area (Å²) in [4.78, 5) is 2.30. The molecule has 3 rings (SSSR count). The van der Waals surface area contributed by atoms with E-state index in [0.29, 0.717) is 5.92 Å². The highest BCUT2D eigenvalue weighted by atomic mass is 127. The fraction of sp³-hybridized carbons (Fsp3) is 0.636. The Bertz CT molecular complexity index is 402. The van der Waals surface area contributed by atoms with Gasteiger partial charge in [-0.1, -0.05) is 0 Å². The highest BCUT2D eigenvalue weighted by molar-refractivity contribution is 14.0. The lowest BCUT2D eigenvalue weighted by atomic mass is 9.97. The van der Waals surface area contributed by atoms with Gasteiger partial charge in [0.15, 0.2) is 11.7 Å². The largest absolute Gasteiger partial charge is 0.384 e. The molecule has 1 saturated heterocycles. The van der Waals surface area contributed by atoms with E-state index in [-0.39, 0.29) is 24.0 Å². The summed E-state index contributed by atoms with van der Waals surface area (Å²) in [5.74, 6) is 2.46. The highest BCUT2D eigenvalue weighted by Gasteiger charge is 2.24. The van der Waals surface area contributed by atoms with Gasteiger partial charge in [-0.15, -0.1) is 39.7 Å². The van der Waals surface area contributed by atoms with Gasteiger partial charge in [-0.2, -0.15) is 5.12 Å². The molecule has 0 atom stereocenters. The summed E-state index contributed by atoms with van der Waals surface area (Å²) in [5.41, 5.74) is 5.53. The van der Waals surface area contributed by atoms with Crippen LogP contribution in [0.3, 0.4) is 0 Å². The summed E-state index contributed by atoms with van der Waals surface area (Å²) in [5, 5.41) is 10.2. The highest BCUT2D eigenvalue weighted by Crippen LogP contribution is 2.19. The minimum absolute atomic E-state index is 0.